The molecule has 6 nitrogen and oxygen atoms in total. The van der Waals surface area contributed by atoms with Gasteiger partial charge in [-0.05, 0) is 48.8 Å². The lowest BCUT2D eigenvalue weighted by Gasteiger charge is -2.43. The summed E-state index contributed by atoms with van der Waals surface area (Å²) in [6.45, 7) is 13.3. The molecule has 192 valence electrons. The van der Waals surface area contributed by atoms with Gasteiger partial charge in [0.25, 0.3) is 0 Å². The molecule has 8 heteroatoms. The molecule has 0 saturated heterocycles. The van der Waals surface area contributed by atoms with Crippen molar-refractivity contribution in [2.24, 2.45) is 0 Å². The second-order valence-corrected chi connectivity index (χ2v) is 17.2. The van der Waals surface area contributed by atoms with Gasteiger partial charge in [0.15, 0.2) is 8.32 Å². The standard InChI is InChI=1S/C27H39NO5SSi/c1-21-13-15-23(16-14-21)34(29,30)28-24(20-33-35(6,7)27(2,3)4)25(17-18-26(28)31-5)32-19-22-11-9-8-10-12-22/h8-18,24-26H,19-20H2,1-7H3/t24-,25-,26+/m0/s1. The molecule has 0 amide bonds. The zero-order valence-corrected chi connectivity index (χ0v) is 23.7. The average molecular weight is 518 g/mol. The van der Waals surface area contributed by atoms with Crippen LogP contribution in [-0.4, -0.2) is 53.1 Å². The fourth-order valence-electron chi connectivity index (χ4n) is 3.69. The summed E-state index contributed by atoms with van der Waals surface area (Å²) in [7, 11) is -4.53. The van der Waals surface area contributed by atoms with Crippen LogP contribution >= 0.6 is 0 Å². The van der Waals surface area contributed by atoms with Crippen LogP contribution in [0.3, 0.4) is 0 Å². The maximum Gasteiger partial charge on any atom is 0.245 e. The van der Waals surface area contributed by atoms with Crippen molar-refractivity contribution in [1.29, 1.82) is 0 Å². The van der Waals surface area contributed by atoms with E-state index in [0.717, 1.165) is 11.1 Å². The average Bonchev–Trinajstić information content (AvgIpc) is 2.81. The van der Waals surface area contributed by atoms with Gasteiger partial charge in [-0.3, -0.25) is 0 Å². The molecule has 1 aliphatic heterocycles. The molecule has 2 aromatic rings. The van der Waals surface area contributed by atoms with Crippen LogP contribution in [0.1, 0.15) is 31.9 Å². The monoisotopic (exact) mass is 517 g/mol. The fraction of sp³-hybridized carbons (Fsp3) is 0.481. The lowest BCUT2D eigenvalue weighted by Crippen LogP contribution is -2.58. The zero-order valence-electron chi connectivity index (χ0n) is 21.9. The summed E-state index contributed by atoms with van der Waals surface area (Å²) in [5.74, 6) is 0. The van der Waals surface area contributed by atoms with Crippen molar-refractivity contribution in [3.63, 3.8) is 0 Å². The molecular formula is C27H39NO5SSi. The van der Waals surface area contributed by atoms with Gasteiger partial charge in [0.1, 0.15) is 6.23 Å². The first-order chi connectivity index (χ1) is 16.4. The van der Waals surface area contributed by atoms with Crippen LogP contribution < -0.4 is 0 Å². The number of rotatable bonds is 9. The molecule has 0 aromatic heterocycles. The summed E-state index contributed by atoms with van der Waals surface area (Å²) in [5.41, 5.74) is 2.01. The first-order valence-electron chi connectivity index (χ1n) is 12.0. The lowest BCUT2D eigenvalue weighted by molar-refractivity contribution is -0.0512. The third-order valence-corrected chi connectivity index (χ3v) is 13.4. The molecule has 0 unspecified atom stereocenters. The Hall–Kier alpha value is -1.81. The van der Waals surface area contributed by atoms with E-state index >= 15 is 0 Å². The van der Waals surface area contributed by atoms with Crippen molar-refractivity contribution in [1.82, 2.24) is 4.31 Å². The number of benzene rings is 2. The minimum absolute atomic E-state index is 0.0147. The van der Waals surface area contributed by atoms with Crippen LogP contribution in [0.2, 0.25) is 18.1 Å². The summed E-state index contributed by atoms with van der Waals surface area (Å²) >= 11 is 0. The predicted octanol–water partition coefficient (Wildman–Crippen LogP) is 5.50. The highest BCUT2D eigenvalue weighted by molar-refractivity contribution is 7.89. The van der Waals surface area contributed by atoms with Crippen molar-refractivity contribution >= 4 is 18.3 Å². The topological polar surface area (TPSA) is 65.1 Å². The Morgan fingerprint density at radius 1 is 0.971 bits per heavy atom. The number of nitrogens with zero attached hydrogens (tertiary/aromatic N) is 1. The highest BCUT2D eigenvalue weighted by atomic mass is 32.2. The van der Waals surface area contributed by atoms with E-state index in [9.17, 15) is 8.42 Å². The second kappa shape index (κ2) is 11.1. The molecule has 0 bridgehead atoms. The minimum Gasteiger partial charge on any atom is -0.415 e. The van der Waals surface area contributed by atoms with Gasteiger partial charge in [-0.15, -0.1) is 0 Å². The smallest absolute Gasteiger partial charge is 0.245 e. The molecule has 0 saturated carbocycles. The van der Waals surface area contributed by atoms with Gasteiger partial charge in [0.05, 0.1) is 30.3 Å². The molecule has 0 radical (unpaired) electrons. The van der Waals surface area contributed by atoms with Crippen molar-refractivity contribution < 1.29 is 22.3 Å². The summed E-state index contributed by atoms with van der Waals surface area (Å²) in [6, 6.07) is 16.2. The molecule has 0 spiro atoms. The fourth-order valence-corrected chi connectivity index (χ4v) is 6.40. The molecule has 35 heavy (non-hydrogen) atoms. The largest absolute Gasteiger partial charge is 0.415 e. The van der Waals surface area contributed by atoms with Crippen LogP contribution in [-0.2, 0) is 30.5 Å². The Bertz CT molecular complexity index is 1090. The summed E-state index contributed by atoms with van der Waals surface area (Å²) in [4.78, 5) is 0.222. The van der Waals surface area contributed by atoms with Crippen molar-refractivity contribution in [3.05, 3.63) is 77.9 Å². The van der Waals surface area contributed by atoms with E-state index < -0.39 is 36.7 Å². The maximum absolute atomic E-state index is 13.9. The number of aryl methyl sites for hydroxylation is 1. The first-order valence-corrected chi connectivity index (χ1v) is 16.3. The summed E-state index contributed by atoms with van der Waals surface area (Å²) < 4.78 is 47.8. The highest BCUT2D eigenvalue weighted by Gasteiger charge is 2.45. The molecule has 1 heterocycles. The van der Waals surface area contributed by atoms with Crippen molar-refractivity contribution in [2.45, 2.75) is 75.7 Å². The Labute approximate surface area is 212 Å². The number of hydrogen-bond acceptors (Lipinski definition) is 5. The SMILES string of the molecule is CO[C@@H]1C=C[C@H](OCc2ccccc2)[C@H](CO[Si](C)(C)C(C)(C)C)N1S(=O)(=O)c1ccc(C)cc1. The maximum atomic E-state index is 13.9. The van der Waals surface area contributed by atoms with E-state index in [1.807, 2.05) is 43.3 Å². The van der Waals surface area contributed by atoms with Crippen LogP contribution in [0.15, 0.2) is 71.6 Å². The van der Waals surface area contributed by atoms with E-state index in [1.54, 1.807) is 30.3 Å². The van der Waals surface area contributed by atoms with E-state index in [1.165, 1.54) is 11.4 Å². The van der Waals surface area contributed by atoms with Gasteiger partial charge < -0.3 is 13.9 Å². The highest BCUT2D eigenvalue weighted by Crippen LogP contribution is 2.38. The van der Waals surface area contributed by atoms with Gasteiger partial charge in [-0.1, -0.05) is 74.9 Å². The molecule has 3 atom stereocenters. The number of methoxy groups -OCH3 is 1. The van der Waals surface area contributed by atoms with Crippen LogP contribution in [0, 0.1) is 6.92 Å². The van der Waals surface area contributed by atoms with Crippen LogP contribution in [0.4, 0.5) is 0 Å². The minimum atomic E-state index is -3.90. The third kappa shape index (κ3) is 6.50. The second-order valence-electron chi connectivity index (χ2n) is 10.6. The zero-order chi connectivity index (χ0) is 25.9. The molecule has 0 N–H and O–H groups in total. The first kappa shape index (κ1) is 27.8. The Balaban J connectivity index is 1.99. The molecule has 1 aliphatic rings. The molecular weight excluding hydrogens is 478 g/mol. The van der Waals surface area contributed by atoms with Gasteiger partial charge in [0.2, 0.25) is 10.0 Å². The van der Waals surface area contributed by atoms with Gasteiger partial charge in [-0.25, -0.2) is 8.42 Å². The van der Waals surface area contributed by atoms with Gasteiger partial charge >= 0.3 is 0 Å². The number of ether oxygens (including phenoxy) is 2. The normalized spacial score (nSPS) is 21.9. The number of hydrogen-bond donors (Lipinski definition) is 0. The van der Waals surface area contributed by atoms with Crippen molar-refractivity contribution in [2.75, 3.05) is 13.7 Å². The van der Waals surface area contributed by atoms with Gasteiger partial charge in [0, 0.05) is 7.11 Å². The quantitative estimate of drug-likeness (QED) is 0.324. The Morgan fingerprint density at radius 2 is 1.60 bits per heavy atom. The Morgan fingerprint density at radius 3 is 2.17 bits per heavy atom. The van der Waals surface area contributed by atoms with E-state index in [2.05, 4.69) is 33.9 Å². The number of sulfonamides is 1. The van der Waals surface area contributed by atoms with Crippen LogP contribution in [0.25, 0.3) is 0 Å². The van der Waals surface area contributed by atoms with Crippen molar-refractivity contribution in [3.8, 4) is 0 Å². The molecule has 2 aromatic carbocycles. The Kier molecular flexibility index (Phi) is 8.78. The summed E-state index contributed by atoms with van der Waals surface area (Å²) in [5, 5.41) is -0.0147. The van der Waals surface area contributed by atoms with E-state index in [4.69, 9.17) is 13.9 Å². The van der Waals surface area contributed by atoms with Gasteiger partial charge in [-0.2, -0.15) is 4.31 Å². The van der Waals surface area contributed by atoms with E-state index in [-0.39, 0.29) is 16.5 Å². The molecule has 3 rings (SSSR count). The predicted molar refractivity (Wildman–Crippen MR) is 142 cm³/mol. The molecule has 0 aliphatic carbocycles. The lowest BCUT2D eigenvalue weighted by atomic mass is 10.1. The third-order valence-electron chi connectivity index (χ3n) is 6.97. The molecule has 0 fully saturated rings. The summed E-state index contributed by atoms with van der Waals surface area (Å²) in [6.07, 6.45) is 2.40. The van der Waals surface area contributed by atoms with E-state index in [0.29, 0.717) is 6.61 Å². The van der Waals surface area contributed by atoms with Crippen LogP contribution in [0.5, 0.6) is 0 Å².